The van der Waals surface area contributed by atoms with Gasteiger partial charge in [-0.1, -0.05) is 156 Å². The summed E-state index contributed by atoms with van der Waals surface area (Å²) in [5.74, 6) is -0.0362. The summed E-state index contributed by atoms with van der Waals surface area (Å²) in [5, 5.41) is 0. The normalized spacial score (nSPS) is 10.8. The average Bonchev–Trinajstić information content (AvgIpc) is 2.76. The Bertz CT molecular complexity index is 328. The summed E-state index contributed by atoms with van der Waals surface area (Å²) in [6.45, 7) is 10.6. The van der Waals surface area contributed by atoms with Crippen molar-refractivity contribution in [1.82, 2.24) is 0 Å². The maximum Gasteiger partial charge on any atom is 0.306 e. The predicted molar refractivity (Wildman–Crippen MR) is 144 cm³/mol. The van der Waals surface area contributed by atoms with Gasteiger partial charge in [-0.3, -0.25) is 4.79 Å². The molecule has 32 heavy (non-hydrogen) atoms. The Hall–Kier alpha value is -0.530. The van der Waals surface area contributed by atoms with Gasteiger partial charge in [-0.2, -0.15) is 0 Å². The molecule has 0 atom stereocenters. The zero-order valence-corrected chi connectivity index (χ0v) is 23.2. The van der Waals surface area contributed by atoms with Crippen LogP contribution < -0.4 is 0 Å². The largest absolute Gasteiger partial charge is 0.463 e. The van der Waals surface area contributed by atoms with Crippen LogP contribution in [-0.4, -0.2) is 12.1 Å². The van der Waals surface area contributed by atoms with Crippen molar-refractivity contribution in [3.63, 3.8) is 0 Å². The first-order chi connectivity index (χ1) is 15.6. The first kappa shape index (κ1) is 33.6. The molecule has 0 heterocycles. The Labute approximate surface area is 204 Å². The molecule has 0 aromatic rings. The molecule has 0 radical (unpaired) electrons. The minimum absolute atomic E-state index is 0.0280. The standard InChI is InChI=1S/C17H34O2.C13H28/c1-4-5-6-7-8-9-10-11-12-13-14-15-17(18)19-16(2)3;1-3-5-7-9-11-13-12-10-8-6-4-2/h16H,4-15H2,1-3H3;3-13H2,1-2H3. The molecule has 0 rings (SSSR count). The van der Waals surface area contributed by atoms with E-state index in [1.165, 1.54) is 135 Å². The highest BCUT2D eigenvalue weighted by atomic mass is 16.5. The lowest BCUT2D eigenvalue weighted by atomic mass is 10.1. The summed E-state index contributed by atoms with van der Waals surface area (Å²) in [5.41, 5.74) is 0. The molecule has 0 aromatic heterocycles. The lowest BCUT2D eigenvalue weighted by molar-refractivity contribution is -0.147. The predicted octanol–water partition coefficient (Wildman–Crippen LogP) is 11.0. The molecule has 0 aliphatic rings. The molecule has 2 heteroatoms. The smallest absolute Gasteiger partial charge is 0.306 e. The third-order valence-corrected chi connectivity index (χ3v) is 6.06. The monoisotopic (exact) mass is 454 g/mol. The van der Waals surface area contributed by atoms with Crippen LogP contribution in [0.5, 0.6) is 0 Å². The van der Waals surface area contributed by atoms with Crippen molar-refractivity contribution < 1.29 is 9.53 Å². The van der Waals surface area contributed by atoms with Crippen molar-refractivity contribution in [2.24, 2.45) is 0 Å². The van der Waals surface area contributed by atoms with Crippen LogP contribution in [0.15, 0.2) is 0 Å². The van der Waals surface area contributed by atoms with Crippen molar-refractivity contribution in [3.05, 3.63) is 0 Å². The van der Waals surface area contributed by atoms with E-state index >= 15 is 0 Å². The molecule has 0 aliphatic heterocycles. The number of hydrogen-bond acceptors (Lipinski definition) is 2. The highest BCUT2D eigenvalue weighted by Crippen LogP contribution is 2.12. The number of carbonyl (C=O) groups excluding carboxylic acids is 1. The summed E-state index contributed by atoms with van der Waals surface area (Å²) < 4.78 is 5.10. The van der Waals surface area contributed by atoms with Crippen LogP contribution in [0.3, 0.4) is 0 Å². The van der Waals surface area contributed by atoms with E-state index in [-0.39, 0.29) is 12.1 Å². The van der Waals surface area contributed by atoms with Gasteiger partial charge in [0.2, 0.25) is 0 Å². The SMILES string of the molecule is CCCCCCCCCCCCC.CCCCCCCCCCCCCC(=O)OC(C)C. The van der Waals surface area contributed by atoms with E-state index < -0.39 is 0 Å². The third-order valence-electron chi connectivity index (χ3n) is 6.06. The first-order valence-electron chi connectivity index (χ1n) is 14.8. The van der Waals surface area contributed by atoms with E-state index in [0.717, 1.165) is 6.42 Å². The second-order valence-corrected chi connectivity index (χ2v) is 10.0. The molecule has 0 N–H and O–H groups in total. The minimum Gasteiger partial charge on any atom is -0.463 e. The Morgan fingerprint density at radius 2 is 0.719 bits per heavy atom. The summed E-state index contributed by atoms with van der Waals surface area (Å²) in [6, 6.07) is 0. The summed E-state index contributed by atoms with van der Waals surface area (Å²) in [7, 11) is 0. The molecule has 0 aromatic carbocycles. The van der Waals surface area contributed by atoms with Crippen molar-refractivity contribution in [1.29, 1.82) is 0 Å². The number of unbranched alkanes of at least 4 members (excludes halogenated alkanes) is 20. The number of carbonyl (C=O) groups is 1. The highest BCUT2D eigenvalue weighted by molar-refractivity contribution is 5.69. The Morgan fingerprint density at radius 3 is 0.969 bits per heavy atom. The second-order valence-electron chi connectivity index (χ2n) is 10.0. The van der Waals surface area contributed by atoms with E-state index in [1.807, 2.05) is 13.8 Å². The van der Waals surface area contributed by atoms with E-state index in [9.17, 15) is 4.79 Å². The molecule has 0 spiro atoms. The molecule has 194 valence electrons. The first-order valence-corrected chi connectivity index (χ1v) is 14.8. The molecule has 0 aliphatic carbocycles. The van der Waals surface area contributed by atoms with Gasteiger partial charge in [0.25, 0.3) is 0 Å². The summed E-state index contributed by atoms with van der Waals surface area (Å²) in [6.07, 6.45) is 31.0. The van der Waals surface area contributed by atoms with Crippen LogP contribution >= 0.6 is 0 Å². The fourth-order valence-electron chi connectivity index (χ4n) is 3.99. The third kappa shape index (κ3) is 34.1. The molecule has 0 saturated carbocycles. The lowest BCUT2D eigenvalue weighted by Gasteiger charge is -2.07. The van der Waals surface area contributed by atoms with E-state index in [2.05, 4.69) is 20.8 Å². The van der Waals surface area contributed by atoms with Gasteiger partial charge in [-0.05, 0) is 20.3 Å². The number of ether oxygens (including phenoxy) is 1. The van der Waals surface area contributed by atoms with Gasteiger partial charge in [0.15, 0.2) is 0 Å². The molecule has 0 amide bonds. The van der Waals surface area contributed by atoms with E-state index in [4.69, 9.17) is 4.74 Å². The Kier molecular flexibility index (Phi) is 32.0. The van der Waals surface area contributed by atoms with Crippen LogP contribution in [0, 0.1) is 0 Å². The van der Waals surface area contributed by atoms with Gasteiger partial charge < -0.3 is 4.74 Å². The molecule has 0 unspecified atom stereocenters. The summed E-state index contributed by atoms with van der Waals surface area (Å²) >= 11 is 0. The molecule has 0 fully saturated rings. The number of rotatable bonds is 23. The van der Waals surface area contributed by atoms with Gasteiger partial charge in [-0.15, -0.1) is 0 Å². The van der Waals surface area contributed by atoms with Gasteiger partial charge in [0.05, 0.1) is 6.10 Å². The highest BCUT2D eigenvalue weighted by Gasteiger charge is 2.04. The van der Waals surface area contributed by atoms with Crippen molar-refractivity contribution >= 4 is 5.97 Å². The molecular formula is C30H62O2. The topological polar surface area (TPSA) is 26.3 Å². The number of esters is 1. The maximum atomic E-state index is 11.3. The van der Waals surface area contributed by atoms with Gasteiger partial charge in [0, 0.05) is 6.42 Å². The average molecular weight is 455 g/mol. The van der Waals surface area contributed by atoms with Crippen molar-refractivity contribution in [2.45, 2.75) is 188 Å². The molecule has 0 bridgehead atoms. The Morgan fingerprint density at radius 1 is 0.469 bits per heavy atom. The van der Waals surface area contributed by atoms with Crippen LogP contribution in [0.2, 0.25) is 0 Å². The van der Waals surface area contributed by atoms with Gasteiger partial charge in [0.1, 0.15) is 0 Å². The summed E-state index contributed by atoms with van der Waals surface area (Å²) in [4.78, 5) is 11.3. The number of hydrogen-bond donors (Lipinski definition) is 0. The zero-order chi connectivity index (χ0) is 24.1. The lowest BCUT2D eigenvalue weighted by Crippen LogP contribution is -2.10. The molecule has 2 nitrogen and oxygen atoms in total. The van der Waals surface area contributed by atoms with Gasteiger partial charge >= 0.3 is 5.97 Å². The fraction of sp³-hybridized carbons (Fsp3) is 0.967. The van der Waals surface area contributed by atoms with Crippen LogP contribution in [0.25, 0.3) is 0 Å². The van der Waals surface area contributed by atoms with Crippen molar-refractivity contribution in [3.8, 4) is 0 Å². The maximum absolute atomic E-state index is 11.3. The zero-order valence-electron chi connectivity index (χ0n) is 23.2. The van der Waals surface area contributed by atoms with Gasteiger partial charge in [-0.25, -0.2) is 0 Å². The second kappa shape index (κ2) is 30.5. The Balaban J connectivity index is 0. The molecule has 0 saturated heterocycles. The van der Waals surface area contributed by atoms with Crippen LogP contribution in [0.1, 0.15) is 182 Å². The van der Waals surface area contributed by atoms with E-state index in [1.54, 1.807) is 0 Å². The van der Waals surface area contributed by atoms with Crippen LogP contribution in [-0.2, 0) is 9.53 Å². The van der Waals surface area contributed by atoms with Crippen molar-refractivity contribution in [2.75, 3.05) is 0 Å². The van der Waals surface area contributed by atoms with E-state index in [0.29, 0.717) is 6.42 Å². The fourth-order valence-corrected chi connectivity index (χ4v) is 3.99. The minimum atomic E-state index is -0.0362. The quantitative estimate of drug-likeness (QED) is 0.113. The van der Waals surface area contributed by atoms with Crippen LogP contribution in [0.4, 0.5) is 0 Å². The molecular weight excluding hydrogens is 392 g/mol.